The normalized spacial score (nSPS) is 22.7. The van der Waals surface area contributed by atoms with Crippen LogP contribution in [0.4, 0.5) is 4.39 Å². The molecule has 0 amide bonds. The zero-order valence-electron chi connectivity index (χ0n) is 20.3. The number of alkyl halides is 1. The Bertz CT molecular complexity index is 1450. The highest BCUT2D eigenvalue weighted by Crippen LogP contribution is 2.37. The van der Waals surface area contributed by atoms with E-state index < -0.39 is 11.8 Å². The minimum absolute atomic E-state index is 0.102. The molecule has 7 heteroatoms. The van der Waals surface area contributed by atoms with E-state index in [2.05, 4.69) is 16.0 Å². The molecular formula is C29H31FN4O2. The highest BCUT2D eigenvalue weighted by Gasteiger charge is 2.37. The average Bonchev–Trinajstić information content (AvgIpc) is 2.92. The number of likely N-dealkylation sites (tertiary alicyclic amines) is 1. The van der Waals surface area contributed by atoms with Crippen LogP contribution < -0.4 is 5.56 Å². The van der Waals surface area contributed by atoms with Gasteiger partial charge in [0, 0.05) is 31.2 Å². The van der Waals surface area contributed by atoms with Crippen molar-refractivity contribution in [2.45, 2.75) is 62.9 Å². The van der Waals surface area contributed by atoms with E-state index in [4.69, 9.17) is 4.98 Å². The van der Waals surface area contributed by atoms with Crippen molar-refractivity contribution in [3.63, 3.8) is 0 Å². The number of fused-ring (bicyclic) bond motifs is 3. The van der Waals surface area contributed by atoms with Crippen LogP contribution in [0.25, 0.3) is 21.7 Å². The maximum atomic E-state index is 15.6. The van der Waals surface area contributed by atoms with E-state index in [1.807, 2.05) is 36.4 Å². The summed E-state index contributed by atoms with van der Waals surface area (Å²) < 4.78 is 17.3. The second-order valence-corrected chi connectivity index (χ2v) is 10.3. The first-order valence-corrected chi connectivity index (χ1v) is 13.0. The summed E-state index contributed by atoms with van der Waals surface area (Å²) in [5, 5.41) is 13.1. The maximum absolute atomic E-state index is 15.6. The third-order valence-corrected chi connectivity index (χ3v) is 8.10. The molecule has 1 aliphatic heterocycles. The number of aliphatic hydroxyl groups excluding tert-OH is 1. The predicted octanol–water partition coefficient (Wildman–Crippen LogP) is 4.88. The molecule has 0 unspecified atom stereocenters. The molecule has 2 aromatic heterocycles. The van der Waals surface area contributed by atoms with Gasteiger partial charge in [0.05, 0.1) is 35.1 Å². The maximum Gasteiger partial charge on any atom is 0.261 e. The van der Waals surface area contributed by atoms with E-state index >= 15 is 4.39 Å². The number of halogens is 1. The van der Waals surface area contributed by atoms with Crippen LogP contribution in [0.15, 0.2) is 65.8 Å². The monoisotopic (exact) mass is 486 g/mol. The Morgan fingerprint density at radius 3 is 2.47 bits per heavy atom. The Kier molecular flexibility index (Phi) is 6.05. The van der Waals surface area contributed by atoms with Gasteiger partial charge in [0.25, 0.3) is 5.56 Å². The van der Waals surface area contributed by atoms with Crippen molar-refractivity contribution >= 4 is 21.7 Å². The first-order chi connectivity index (χ1) is 17.5. The van der Waals surface area contributed by atoms with Gasteiger partial charge in [-0.05, 0) is 54.8 Å². The van der Waals surface area contributed by atoms with Gasteiger partial charge in [0.1, 0.15) is 0 Å². The summed E-state index contributed by atoms with van der Waals surface area (Å²) in [6.45, 7) is 1.87. The quantitative estimate of drug-likeness (QED) is 0.416. The Labute approximate surface area is 209 Å². The van der Waals surface area contributed by atoms with Crippen molar-refractivity contribution in [2.75, 3.05) is 13.1 Å². The minimum atomic E-state index is -1.40. The summed E-state index contributed by atoms with van der Waals surface area (Å²) >= 11 is 0. The summed E-state index contributed by atoms with van der Waals surface area (Å²) in [4.78, 5) is 24.9. The number of aromatic nitrogens is 3. The molecule has 1 N–H and O–H groups in total. The molecular weight excluding hydrogens is 455 g/mol. The molecule has 1 saturated carbocycles. The van der Waals surface area contributed by atoms with Gasteiger partial charge in [-0.15, -0.1) is 0 Å². The fraction of sp³-hybridized carbons (Fsp3) is 0.414. The van der Waals surface area contributed by atoms with E-state index in [0.717, 1.165) is 35.6 Å². The van der Waals surface area contributed by atoms with Crippen LogP contribution >= 0.6 is 0 Å². The first-order valence-electron chi connectivity index (χ1n) is 13.0. The third-order valence-electron chi connectivity index (χ3n) is 8.10. The number of rotatable bonds is 4. The molecule has 2 fully saturated rings. The van der Waals surface area contributed by atoms with E-state index in [1.165, 1.54) is 0 Å². The largest absolute Gasteiger partial charge is 0.391 e. The summed E-state index contributed by atoms with van der Waals surface area (Å²) in [5.41, 5.74) is 0.745. The molecule has 1 saturated heterocycles. The highest BCUT2D eigenvalue weighted by molar-refractivity contribution is 6.06. The van der Waals surface area contributed by atoms with Crippen molar-refractivity contribution in [3.05, 3.63) is 82.7 Å². The zero-order valence-corrected chi connectivity index (χ0v) is 20.3. The summed E-state index contributed by atoms with van der Waals surface area (Å²) in [5.74, 6) is 0. The summed E-state index contributed by atoms with van der Waals surface area (Å²) in [7, 11) is 0. The predicted molar refractivity (Wildman–Crippen MR) is 139 cm³/mol. The first kappa shape index (κ1) is 23.3. The molecule has 186 valence electrons. The third kappa shape index (κ3) is 4.10. The lowest BCUT2D eigenvalue weighted by atomic mass is 9.89. The van der Waals surface area contributed by atoms with Crippen LogP contribution in [0, 0.1) is 0 Å². The van der Waals surface area contributed by atoms with Crippen molar-refractivity contribution in [1.82, 2.24) is 19.4 Å². The second kappa shape index (κ2) is 9.37. The van der Waals surface area contributed by atoms with Gasteiger partial charge >= 0.3 is 0 Å². The van der Waals surface area contributed by atoms with Crippen LogP contribution in [0.1, 0.15) is 55.8 Å². The van der Waals surface area contributed by atoms with Crippen LogP contribution in [0.2, 0.25) is 0 Å². The van der Waals surface area contributed by atoms with Gasteiger partial charge in [-0.3, -0.25) is 19.2 Å². The fourth-order valence-corrected chi connectivity index (χ4v) is 6.02. The highest BCUT2D eigenvalue weighted by atomic mass is 19.1. The lowest BCUT2D eigenvalue weighted by Gasteiger charge is -2.36. The van der Waals surface area contributed by atoms with Gasteiger partial charge in [0.15, 0.2) is 5.67 Å². The molecule has 36 heavy (non-hydrogen) atoms. The molecule has 0 radical (unpaired) electrons. The number of aliphatic hydroxyl groups is 1. The number of hydrogen-bond acceptors (Lipinski definition) is 5. The number of pyridine rings is 1. The summed E-state index contributed by atoms with van der Waals surface area (Å²) in [6.07, 6.45) is 7.00. The molecule has 2 aromatic carbocycles. The SMILES string of the molecule is O=c1c2cc(CN3CCC(F)(c4ccccn4)CC3)c3ccccc3c2ncn1[C@H]1CCCC[C@@H]1O. The Morgan fingerprint density at radius 2 is 1.72 bits per heavy atom. The smallest absolute Gasteiger partial charge is 0.261 e. The second-order valence-electron chi connectivity index (χ2n) is 10.3. The Balaban J connectivity index is 1.34. The van der Waals surface area contributed by atoms with Gasteiger partial charge in [-0.2, -0.15) is 0 Å². The Hall–Kier alpha value is -3.16. The van der Waals surface area contributed by atoms with Crippen molar-refractivity contribution in [1.29, 1.82) is 0 Å². The van der Waals surface area contributed by atoms with Gasteiger partial charge in [0.2, 0.25) is 0 Å². The molecule has 1 aliphatic carbocycles. The topological polar surface area (TPSA) is 71.2 Å². The molecule has 0 bridgehead atoms. The lowest BCUT2D eigenvalue weighted by molar-refractivity contribution is 0.0492. The average molecular weight is 487 g/mol. The van der Waals surface area contributed by atoms with Crippen molar-refractivity contribution in [2.24, 2.45) is 0 Å². The molecule has 6 rings (SSSR count). The Morgan fingerprint density at radius 1 is 0.972 bits per heavy atom. The molecule has 0 spiro atoms. The molecule has 6 nitrogen and oxygen atoms in total. The van der Waals surface area contributed by atoms with Crippen LogP contribution in [0.3, 0.4) is 0 Å². The molecule has 2 aliphatic rings. The van der Waals surface area contributed by atoms with Crippen LogP contribution in [0.5, 0.6) is 0 Å². The number of nitrogens with zero attached hydrogens (tertiary/aromatic N) is 4. The van der Waals surface area contributed by atoms with Crippen molar-refractivity contribution < 1.29 is 9.50 Å². The number of benzene rings is 2. The van der Waals surface area contributed by atoms with Gasteiger partial charge < -0.3 is 5.11 Å². The van der Waals surface area contributed by atoms with Crippen molar-refractivity contribution in [3.8, 4) is 0 Å². The lowest BCUT2D eigenvalue weighted by Crippen LogP contribution is -2.40. The minimum Gasteiger partial charge on any atom is -0.391 e. The number of hydrogen-bond donors (Lipinski definition) is 1. The van der Waals surface area contributed by atoms with Crippen LogP contribution in [-0.4, -0.2) is 43.7 Å². The van der Waals surface area contributed by atoms with Crippen LogP contribution in [-0.2, 0) is 12.2 Å². The molecule has 4 aromatic rings. The van der Waals surface area contributed by atoms with E-state index in [1.54, 1.807) is 23.2 Å². The fourth-order valence-electron chi connectivity index (χ4n) is 6.02. The van der Waals surface area contributed by atoms with E-state index in [9.17, 15) is 9.90 Å². The number of piperidine rings is 1. The van der Waals surface area contributed by atoms with Gasteiger partial charge in [-0.1, -0.05) is 43.2 Å². The zero-order chi connectivity index (χ0) is 24.7. The van der Waals surface area contributed by atoms with Gasteiger partial charge in [-0.25, -0.2) is 9.37 Å². The van der Waals surface area contributed by atoms with E-state index in [0.29, 0.717) is 55.5 Å². The van der Waals surface area contributed by atoms with E-state index in [-0.39, 0.29) is 11.6 Å². The summed E-state index contributed by atoms with van der Waals surface area (Å²) in [6, 6.07) is 15.2. The standard InChI is InChI=1S/C29H31FN4O2/c30-29(26-11-5-6-14-31-26)12-15-33(16-13-29)18-20-17-23-27(22-8-2-1-7-21(20)22)32-19-34(28(23)36)24-9-3-4-10-25(24)35/h1-2,5-8,11,14,17,19,24-25,35H,3-4,9-10,12-13,15-16,18H2/t24-,25-/m0/s1. The molecule has 3 heterocycles. The molecule has 2 atom stereocenters.